The van der Waals surface area contributed by atoms with Crippen molar-refractivity contribution in [2.24, 2.45) is 0 Å². The molecule has 2 aromatic rings. The van der Waals surface area contributed by atoms with Crippen molar-refractivity contribution in [2.75, 3.05) is 26.2 Å². The molecule has 0 saturated carbocycles. The molecule has 0 bridgehead atoms. The first-order valence-electron chi connectivity index (χ1n) is 8.46. The van der Waals surface area contributed by atoms with Crippen molar-refractivity contribution in [3.63, 3.8) is 0 Å². The Balaban J connectivity index is 1.67. The lowest BCUT2D eigenvalue weighted by molar-refractivity contribution is 0.278. The average molecular weight is 434 g/mol. The van der Waals surface area contributed by atoms with Gasteiger partial charge in [0, 0.05) is 30.7 Å². The van der Waals surface area contributed by atoms with Crippen LogP contribution in [0.1, 0.15) is 17.5 Å². The summed E-state index contributed by atoms with van der Waals surface area (Å²) in [5.74, 6) is 0. The van der Waals surface area contributed by atoms with Gasteiger partial charge in [-0.05, 0) is 48.9 Å². The molecular formula is C19H20BrN3O2S. The minimum Gasteiger partial charge on any atom is -0.298 e. The quantitative estimate of drug-likeness (QED) is 0.742. The van der Waals surface area contributed by atoms with Crippen molar-refractivity contribution < 1.29 is 8.42 Å². The Bertz CT molecular complexity index is 907. The van der Waals surface area contributed by atoms with E-state index in [1.165, 1.54) is 0 Å². The Hall–Kier alpha value is -1.72. The van der Waals surface area contributed by atoms with Gasteiger partial charge in [-0.15, -0.1) is 0 Å². The molecule has 26 heavy (non-hydrogen) atoms. The molecule has 0 N–H and O–H groups in total. The van der Waals surface area contributed by atoms with Crippen LogP contribution in [0.15, 0.2) is 57.9 Å². The highest BCUT2D eigenvalue weighted by Gasteiger charge is 2.27. The molecule has 1 fully saturated rings. The first kappa shape index (κ1) is 19.1. The van der Waals surface area contributed by atoms with E-state index in [1.807, 2.05) is 30.3 Å². The van der Waals surface area contributed by atoms with Gasteiger partial charge in [0.15, 0.2) is 0 Å². The summed E-state index contributed by atoms with van der Waals surface area (Å²) >= 11 is 3.34. The third-order valence-electron chi connectivity index (χ3n) is 4.47. The van der Waals surface area contributed by atoms with Crippen LogP contribution in [0.25, 0.3) is 0 Å². The summed E-state index contributed by atoms with van der Waals surface area (Å²) in [7, 11) is -3.47. The summed E-state index contributed by atoms with van der Waals surface area (Å²) in [4.78, 5) is 2.59. The molecule has 1 aliphatic rings. The van der Waals surface area contributed by atoms with Gasteiger partial charge in [-0.3, -0.25) is 4.90 Å². The van der Waals surface area contributed by atoms with Crippen LogP contribution in [0.4, 0.5) is 0 Å². The molecule has 0 aromatic heterocycles. The predicted octanol–water partition coefficient (Wildman–Crippen LogP) is 3.22. The van der Waals surface area contributed by atoms with Crippen LogP contribution in [0.5, 0.6) is 0 Å². The van der Waals surface area contributed by atoms with Gasteiger partial charge in [0.2, 0.25) is 10.0 Å². The second-order valence-corrected chi connectivity index (χ2v) is 9.15. The van der Waals surface area contributed by atoms with Gasteiger partial charge < -0.3 is 0 Å². The number of nitriles is 1. The van der Waals surface area contributed by atoms with Crippen LogP contribution >= 0.6 is 15.9 Å². The van der Waals surface area contributed by atoms with E-state index in [-0.39, 0.29) is 0 Å². The van der Waals surface area contributed by atoms with Crippen molar-refractivity contribution in [3.8, 4) is 6.07 Å². The fourth-order valence-electron chi connectivity index (χ4n) is 3.07. The second-order valence-electron chi connectivity index (χ2n) is 6.30. The topological polar surface area (TPSA) is 64.4 Å². The van der Waals surface area contributed by atoms with E-state index in [1.54, 1.807) is 22.5 Å². The van der Waals surface area contributed by atoms with E-state index >= 15 is 0 Å². The van der Waals surface area contributed by atoms with Gasteiger partial charge in [0.1, 0.15) is 0 Å². The Morgan fingerprint density at radius 3 is 2.50 bits per heavy atom. The molecule has 1 heterocycles. The molecule has 0 radical (unpaired) electrons. The number of halogens is 1. The zero-order valence-corrected chi connectivity index (χ0v) is 16.7. The van der Waals surface area contributed by atoms with Crippen LogP contribution in [0.3, 0.4) is 0 Å². The summed E-state index contributed by atoms with van der Waals surface area (Å²) in [5, 5.41) is 8.88. The molecule has 2 aromatic carbocycles. The lowest BCUT2D eigenvalue weighted by Gasteiger charge is -2.22. The smallest absolute Gasteiger partial charge is 0.243 e. The van der Waals surface area contributed by atoms with Crippen LogP contribution < -0.4 is 0 Å². The Morgan fingerprint density at radius 2 is 1.81 bits per heavy atom. The number of hydrogen-bond donors (Lipinski definition) is 0. The zero-order chi connectivity index (χ0) is 18.6. The standard InChI is InChI=1S/C19H20BrN3O2S/c20-18-3-1-4-19(13-18)26(24,25)23-10-2-9-22(11-12-23)15-17-7-5-16(14-21)6-8-17/h1,3-8,13H,2,9-12,15H2. The lowest BCUT2D eigenvalue weighted by atomic mass is 10.1. The van der Waals surface area contributed by atoms with E-state index in [9.17, 15) is 8.42 Å². The van der Waals surface area contributed by atoms with E-state index in [0.29, 0.717) is 30.1 Å². The highest BCUT2D eigenvalue weighted by molar-refractivity contribution is 9.10. The number of rotatable bonds is 4. The van der Waals surface area contributed by atoms with Gasteiger partial charge in [0.05, 0.1) is 16.5 Å². The molecule has 1 aliphatic heterocycles. The van der Waals surface area contributed by atoms with E-state index in [2.05, 4.69) is 26.9 Å². The Kier molecular flexibility index (Phi) is 6.09. The molecular weight excluding hydrogens is 414 g/mol. The highest BCUT2D eigenvalue weighted by Crippen LogP contribution is 2.21. The fraction of sp³-hybridized carbons (Fsp3) is 0.316. The third-order valence-corrected chi connectivity index (χ3v) is 6.86. The Morgan fingerprint density at radius 1 is 1.04 bits per heavy atom. The van der Waals surface area contributed by atoms with Gasteiger partial charge in [-0.2, -0.15) is 9.57 Å². The fourth-order valence-corrected chi connectivity index (χ4v) is 5.13. The predicted molar refractivity (Wildman–Crippen MR) is 104 cm³/mol. The maximum atomic E-state index is 12.9. The van der Waals surface area contributed by atoms with Gasteiger partial charge in [-0.25, -0.2) is 8.42 Å². The second kappa shape index (κ2) is 8.31. The van der Waals surface area contributed by atoms with Gasteiger partial charge in [0.25, 0.3) is 0 Å². The van der Waals surface area contributed by atoms with Crippen molar-refractivity contribution >= 4 is 26.0 Å². The summed E-state index contributed by atoms with van der Waals surface area (Å²) in [5.41, 5.74) is 1.78. The normalized spacial score (nSPS) is 16.8. The molecule has 0 unspecified atom stereocenters. The van der Waals surface area contributed by atoms with Crippen LogP contribution in [0.2, 0.25) is 0 Å². The van der Waals surface area contributed by atoms with E-state index in [0.717, 1.165) is 29.5 Å². The first-order chi connectivity index (χ1) is 12.5. The third kappa shape index (κ3) is 4.51. The number of nitrogens with zero attached hydrogens (tertiary/aromatic N) is 3. The highest BCUT2D eigenvalue weighted by atomic mass is 79.9. The van der Waals surface area contributed by atoms with E-state index in [4.69, 9.17) is 5.26 Å². The molecule has 7 heteroatoms. The van der Waals surface area contributed by atoms with Crippen LogP contribution in [-0.2, 0) is 16.6 Å². The largest absolute Gasteiger partial charge is 0.298 e. The van der Waals surface area contributed by atoms with Crippen molar-refractivity contribution in [3.05, 3.63) is 64.1 Å². The van der Waals surface area contributed by atoms with Crippen molar-refractivity contribution in [1.29, 1.82) is 5.26 Å². The molecule has 0 amide bonds. The molecule has 3 rings (SSSR count). The monoisotopic (exact) mass is 433 g/mol. The summed E-state index contributed by atoms with van der Waals surface area (Å²) in [6.45, 7) is 3.30. The summed E-state index contributed by atoms with van der Waals surface area (Å²) < 4.78 is 28.1. The first-order valence-corrected chi connectivity index (χ1v) is 10.7. The minimum absolute atomic E-state index is 0.326. The van der Waals surface area contributed by atoms with Crippen LogP contribution in [0, 0.1) is 11.3 Å². The average Bonchev–Trinajstić information content (AvgIpc) is 2.88. The number of hydrogen-bond acceptors (Lipinski definition) is 4. The van der Waals surface area contributed by atoms with Crippen molar-refractivity contribution in [1.82, 2.24) is 9.21 Å². The summed E-state index contributed by atoms with van der Waals surface area (Å²) in [6.07, 6.45) is 0.795. The molecule has 0 atom stereocenters. The zero-order valence-electron chi connectivity index (χ0n) is 14.3. The molecule has 5 nitrogen and oxygen atoms in total. The molecule has 0 aliphatic carbocycles. The van der Waals surface area contributed by atoms with Crippen molar-refractivity contribution in [2.45, 2.75) is 17.9 Å². The molecule has 136 valence electrons. The van der Waals surface area contributed by atoms with E-state index < -0.39 is 10.0 Å². The van der Waals surface area contributed by atoms with Gasteiger partial charge in [-0.1, -0.05) is 34.1 Å². The van der Waals surface area contributed by atoms with Gasteiger partial charge >= 0.3 is 0 Å². The molecule has 0 spiro atoms. The molecule has 1 saturated heterocycles. The van der Waals surface area contributed by atoms with Crippen LogP contribution in [-0.4, -0.2) is 43.8 Å². The summed E-state index contributed by atoms with van der Waals surface area (Å²) in [6, 6.07) is 16.5. The minimum atomic E-state index is -3.47. The maximum absolute atomic E-state index is 12.9. The maximum Gasteiger partial charge on any atom is 0.243 e. The number of sulfonamides is 1. The SMILES string of the molecule is N#Cc1ccc(CN2CCCN(S(=O)(=O)c3cccc(Br)c3)CC2)cc1. The lowest BCUT2D eigenvalue weighted by Crippen LogP contribution is -2.35. The number of benzene rings is 2. The Labute approximate surface area is 163 Å².